The summed E-state index contributed by atoms with van der Waals surface area (Å²) in [6.45, 7) is 2.22. The third-order valence-corrected chi connectivity index (χ3v) is 2.64. The number of hydrogen-bond donors (Lipinski definition) is 0. The molecule has 0 bridgehead atoms. The first-order chi connectivity index (χ1) is 7.34. The molecular formula is C13H18ClN. The molecule has 15 heavy (non-hydrogen) atoms. The van der Waals surface area contributed by atoms with E-state index in [0.717, 1.165) is 17.1 Å². The zero-order valence-electron chi connectivity index (χ0n) is 9.25. The molecule has 0 unspecified atom stereocenters. The van der Waals surface area contributed by atoms with E-state index in [4.69, 9.17) is 11.6 Å². The van der Waals surface area contributed by atoms with E-state index in [1.165, 1.54) is 25.7 Å². The van der Waals surface area contributed by atoms with Gasteiger partial charge in [0.05, 0.1) is 10.7 Å². The fraction of sp³-hybridized carbons (Fsp3) is 0.462. The molecule has 0 radical (unpaired) electrons. The van der Waals surface area contributed by atoms with E-state index in [1.54, 1.807) is 6.20 Å². The zero-order chi connectivity index (χ0) is 10.9. The molecule has 1 heterocycles. The first kappa shape index (κ1) is 12.3. The van der Waals surface area contributed by atoms with Gasteiger partial charge in [-0.2, -0.15) is 0 Å². The lowest BCUT2D eigenvalue weighted by atomic mass is 10.1. The Morgan fingerprint density at radius 1 is 1.33 bits per heavy atom. The molecule has 0 saturated heterocycles. The van der Waals surface area contributed by atoms with Crippen molar-refractivity contribution in [2.75, 3.05) is 0 Å². The Hall–Kier alpha value is -0.820. The molecular weight excluding hydrogens is 206 g/mol. The number of pyridine rings is 1. The van der Waals surface area contributed by atoms with Crippen LogP contribution in [0.15, 0.2) is 30.5 Å². The van der Waals surface area contributed by atoms with Crippen molar-refractivity contribution in [3.05, 3.63) is 36.2 Å². The van der Waals surface area contributed by atoms with Gasteiger partial charge in [0, 0.05) is 6.20 Å². The van der Waals surface area contributed by atoms with E-state index in [2.05, 4.69) is 18.0 Å². The summed E-state index contributed by atoms with van der Waals surface area (Å²) in [5, 5.41) is 0.770. The number of unbranched alkanes of at least 4 members (excludes halogenated alkanes) is 4. The molecule has 0 atom stereocenters. The predicted molar refractivity (Wildman–Crippen MR) is 66.8 cm³/mol. The molecule has 0 aliphatic carbocycles. The van der Waals surface area contributed by atoms with Gasteiger partial charge in [0.25, 0.3) is 0 Å². The molecule has 0 N–H and O–H groups in total. The molecule has 0 aliphatic rings. The molecule has 0 amide bonds. The van der Waals surface area contributed by atoms with Gasteiger partial charge in [-0.1, -0.05) is 49.9 Å². The molecule has 1 rings (SSSR count). The van der Waals surface area contributed by atoms with Crippen molar-refractivity contribution < 1.29 is 0 Å². The van der Waals surface area contributed by atoms with Gasteiger partial charge in [0.1, 0.15) is 0 Å². The Morgan fingerprint density at radius 3 is 2.87 bits per heavy atom. The van der Waals surface area contributed by atoms with Crippen molar-refractivity contribution in [2.45, 2.75) is 39.0 Å². The average Bonchev–Trinajstić information content (AvgIpc) is 2.30. The summed E-state index contributed by atoms with van der Waals surface area (Å²) in [6.07, 6.45) is 9.99. The molecule has 1 nitrogen and oxygen atoms in total. The average molecular weight is 224 g/mol. The molecule has 0 spiro atoms. The number of allylic oxidation sites excluding steroid dienone is 1. The summed E-state index contributed by atoms with van der Waals surface area (Å²) >= 11 is 6.12. The van der Waals surface area contributed by atoms with Gasteiger partial charge in [-0.05, 0) is 25.0 Å². The van der Waals surface area contributed by atoms with Gasteiger partial charge in [-0.25, -0.2) is 0 Å². The van der Waals surface area contributed by atoms with Crippen molar-refractivity contribution in [1.82, 2.24) is 4.98 Å². The normalized spacial score (nSPS) is 11.7. The summed E-state index contributed by atoms with van der Waals surface area (Å²) in [4.78, 5) is 4.19. The van der Waals surface area contributed by atoms with Crippen LogP contribution in [0, 0.1) is 0 Å². The summed E-state index contributed by atoms with van der Waals surface area (Å²) in [5.41, 5.74) is 0.870. The van der Waals surface area contributed by atoms with E-state index >= 15 is 0 Å². The summed E-state index contributed by atoms with van der Waals surface area (Å²) < 4.78 is 0. The smallest absolute Gasteiger partial charge is 0.0812 e. The van der Waals surface area contributed by atoms with Crippen molar-refractivity contribution in [2.24, 2.45) is 0 Å². The van der Waals surface area contributed by atoms with Crippen LogP contribution in [0.5, 0.6) is 0 Å². The Labute approximate surface area is 97.2 Å². The predicted octanol–water partition coefficient (Wildman–Crippen LogP) is 4.63. The van der Waals surface area contributed by atoms with Gasteiger partial charge < -0.3 is 0 Å². The van der Waals surface area contributed by atoms with E-state index < -0.39 is 0 Å². The topological polar surface area (TPSA) is 12.9 Å². The lowest BCUT2D eigenvalue weighted by Gasteiger charge is -1.98. The van der Waals surface area contributed by atoms with Gasteiger partial charge in [-0.3, -0.25) is 4.98 Å². The Morgan fingerprint density at radius 2 is 2.20 bits per heavy atom. The lowest BCUT2D eigenvalue weighted by molar-refractivity contribution is 0.675. The molecule has 0 aliphatic heterocycles. The van der Waals surface area contributed by atoms with Crippen LogP contribution in [0.25, 0.3) is 5.03 Å². The van der Waals surface area contributed by atoms with Gasteiger partial charge in [-0.15, -0.1) is 0 Å². The first-order valence-corrected chi connectivity index (χ1v) is 5.99. The molecule has 0 aromatic carbocycles. The summed E-state index contributed by atoms with van der Waals surface area (Å²) in [5.74, 6) is 0. The highest BCUT2D eigenvalue weighted by Crippen LogP contribution is 2.17. The van der Waals surface area contributed by atoms with Crippen LogP contribution < -0.4 is 0 Å². The summed E-state index contributed by atoms with van der Waals surface area (Å²) in [6, 6.07) is 5.79. The van der Waals surface area contributed by atoms with Crippen molar-refractivity contribution in [3.8, 4) is 0 Å². The van der Waals surface area contributed by atoms with Gasteiger partial charge >= 0.3 is 0 Å². The van der Waals surface area contributed by atoms with E-state index in [9.17, 15) is 0 Å². The minimum Gasteiger partial charge on any atom is -0.255 e. The molecule has 0 saturated carbocycles. The van der Waals surface area contributed by atoms with Crippen molar-refractivity contribution in [3.63, 3.8) is 0 Å². The number of nitrogens with zero attached hydrogens (tertiary/aromatic N) is 1. The van der Waals surface area contributed by atoms with Crippen LogP contribution in [-0.2, 0) is 0 Å². The largest absolute Gasteiger partial charge is 0.255 e. The van der Waals surface area contributed by atoms with E-state index in [1.807, 2.05) is 18.2 Å². The zero-order valence-corrected chi connectivity index (χ0v) is 10.0. The number of rotatable bonds is 6. The van der Waals surface area contributed by atoms with Gasteiger partial charge in [0.15, 0.2) is 0 Å². The number of hydrogen-bond acceptors (Lipinski definition) is 1. The maximum atomic E-state index is 6.12. The Bertz CT molecular complexity index is 293. The summed E-state index contributed by atoms with van der Waals surface area (Å²) in [7, 11) is 0. The molecule has 1 aromatic heterocycles. The highest BCUT2D eigenvalue weighted by Gasteiger charge is 1.96. The Balaban J connectivity index is 2.33. The van der Waals surface area contributed by atoms with E-state index in [0.29, 0.717) is 0 Å². The highest BCUT2D eigenvalue weighted by atomic mass is 35.5. The number of halogens is 1. The second kappa shape index (κ2) is 7.47. The third-order valence-electron chi connectivity index (χ3n) is 2.29. The van der Waals surface area contributed by atoms with Crippen LogP contribution in [0.3, 0.4) is 0 Å². The fourth-order valence-corrected chi connectivity index (χ4v) is 1.63. The van der Waals surface area contributed by atoms with Crippen LogP contribution in [0.1, 0.15) is 44.7 Å². The fourth-order valence-electron chi connectivity index (χ4n) is 1.41. The highest BCUT2D eigenvalue weighted by molar-refractivity contribution is 6.48. The molecule has 0 fully saturated rings. The maximum absolute atomic E-state index is 6.12. The van der Waals surface area contributed by atoms with Crippen LogP contribution in [0.2, 0.25) is 0 Å². The molecule has 2 heteroatoms. The van der Waals surface area contributed by atoms with E-state index in [-0.39, 0.29) is 0 Å². The minimum absolute atomic E-state index is 0.770. The van der Waals surface area contributed by atoms with Crippen molar-refractivity contribution >= 4 is 16.6 Å². The molecule has 1 aromatic rings. The van der Waals surface area contributed by atoms with Crippen LogP contribution >= 0.6 is 11.6 Å². The van der Waals surface area contributed by atoms with Crippen LogP contribution in [-0.4, -0.2) is 4.98 Å². The maximum Gasteiger partial charge on any atom is 0.0812 e. The lowest BCUT2D eigenvalue weighted by Crippen LogP contribution is -1.82. The standard InChI is InChI=1S/C13H18ClN/c1-2-3-4-5-6-9-12(14)13-10-7-8-11-15-13/h7-11H,2-6H2,1H3/b12-9+. The minimum atomic E-state index is 0.770. The quantitative estimate of drug-likeness (QED) is 0.641. The second-order valence-corrected chi connectivity index (χ2v) is 4.02. The molecule has 82 valence electrons. The van der Waals surface area contributed by atoms with Crippen molar-refractivity contribution in [1.29, 1.82) is 0 Å². The van der Waals surface area contributed by atoms with Crippen LogP contribution in [0.4, 0.5) is 0 Å². The SMILES string of the molecule is CCCCCC/C=C(/Cl)c1ccccn1. The first-order valence-electron chi connectivity index (χ1n) is 5.61. The second-order valence-electron chi connectivity index (χ2n) is 3.62. The third kappa shape index (κ3) is 4.98. The Kier molecular flexibility index (Phi) is 6.10. The van der Waals surface area contributed by atoms with Gasteiger partial charge in [0.2, 0.25) is 0 Å². The number of aromatic nitrogens is 1. The monoisotopic (exact) mass is 223 g/mol.